The fourth-order valence-corrected chi connectivity index (χ4v) is 1.26. The zero-order valence-corrected chi connectivity index (χ0v) is 10.5. The molecule has 2 aromatic rings. The van der Waals surface area contributed by atoms with Crippen LogP contribution in [0.3, 0.4) is 0 Å². The molecule has 19 heavy (non-hydrogen) atoms. The molecule has 100 valence electrons. The number of nitrogens with one attached hydrogen (secondary N) is 1. The van der Waals surface area contributed by atoms with Crippen molar-refractivity contribution in [3.63, 3.8) is 0 Å². The Morgan fingerprint density at radius 3 is 2.84 bits per heavy atom. The van der Waals surface area contributed by atoms with E-state index in [4.69, 9.17) is 27.6 Å². The van der Waals surface area contributed by atoms with Crippen molar-refractivity contribution in [2.24, 2.45) is 0 Å². The summed E-state index contributed by atoms with van der Waals surface area (Å²) in [5.41, 5.74) is 0. The summed E-state index contributed by atoms with van der Waals surface area (Å²) < 4.78 is 6.00. The molecule has 0 aliphatic rings. The number of nitrogens with zero attached hydrogens (tertiary/aromatic N) is 4. The number of nitro groups is 1. The molecule has 0 aliphatic heterocycles. The first kappa shape index (κ1) is 13.3. The molecule has 0 unspecified atom stereocenters. The molecule has 0 atom stereocenters. The largest absolute Gasteiger partial charge is 0.434 e. The Hall–Kier alpha value is -2.13. The van der Waals surface area contributed by atoms with Gasteiger partial charge in [0.05, 0.1) is 12.3 Å². The van der Waals surface area contributed by atoms with E-state index in [1.807, 2.05) is 0 Å². The Bertz CT molecular complexity index is 622. The molecule has 1 N–H and O–H groups in total. The van der Waals surface area contributed by atoms with Crippen molar-refractivity contribution in [1.29, 1.82) is 0 Å². The van der Waals surface area contributed by atoms with E-state index in [9.17, 15) is 14.9 Å². The van der Waals surface area contributed by atoms with Crippen LogP contribution in [0.4, 0.5) is 11.7 Å². The highest BCUT2D eigenvalue weighted by molar-refractivity contribution is 6.54. The monoisotopic (exact) mass is 305 g/mol. The summed E-state index contributed by atoms with van der Waals surface area (Å²) in [4.78, 5) is 19.7. The van der Waals surface area contributed by atoms with E-state index in [0.717, 1.165) is 4.68 Å². The second kappa shape index (κ2) is 5.24. The highest BCUT2D eigenvalue weighted by Crippen LogP contribution is 2.19. The van der Waals surface area contributed by atoms with Crippen LogP contribution in [-0.2, 0) is 4.79 Å². The van der Waals surface area contributed by atoms with Gasteiger partial charge in [0.2, 0.25) is 5.88 Å². The first-order valence-electron chi connectivity index (χ1n) is 4.73. The smallest absolute Gasteiger partial charge is 0.382 e. The van der Waals surface area contributed by atoms with Crippen LogP contribution in [0.5, 0.6) is 0 Å². The van der Waals surface area contributed by atoms with Crippen LogP contribution in [-0.4, -0.2) is 30.7 Å². The maximum atomic E-state index is 11.2. The zero-order chi connectivity index (χ0) is 14.0. The van der Waals surface area contributed by atoms with Crippen LogP contribution in [0.2, 0.25) is 0 Å². The van der Waals surface area contributed by atoms with Crippen molar-refractivity contribution in [1.82, 2.24) is 15.0 Å². The number of hydrogen-bond acceptors (Lipinski definition) is 6. The van der Waals surface area contributed by atoms with Gasteiger partial charge in [0.15, 0.2) is 10.7 Å². The summed E-state index contributed by atoms with van der Waals surface area (Å²) in [5, 5.41) is 20.0. The third-order valence-electron chi connectivity index (χ3n) is 1.93. The van der Waals surface area contributed by atoms with Gasteiger partial charge in [0.25, 0.3) is 5.91 Å². The number of furan rings is 1. The summed E-state index contributed by atoms with van der Waals surface area (Å²) in [5.74, 6) is -0.943. The SMILES string of the molecule is O=C(Nc1cn(-c2ccc([N+](=O)[O-])o2)nn1)C(Cl)Cl. The third-order valence-corrected chi connectivity index (χ3v) is 2.32. The molecule has 0 bridgehead atoms. The lowest BCUT2D eigenvalue weighted by Crippen LogP contribution is -2.18. The summed E-state index contributed by atoms with van der Waals surface area (Å²) in [7, 11) is 0. The molecule has 0 aromatic carbocycles. The molecule has 0 aliphatic carbocycles. The number of rotatable bonds is 4. The molecule has 2 rings (SSSR count). The maximum absolute atomic E-state index is 11.2. The van der Waals surface area contributed by atoms with Crippen LogP contribution in [0.1, 0.15) is 0 Å². The molecular weight excluding hydrogens is 301 g/mol. The second-order valence-corrected chi connectivity index (χ2v) is 4.30. The van der Waals surface area contributed by atoms with E-state index in [0.29, 0.717) is 0 Å². The van der Waals surface area contributed by atoms with E-state index in [1.165, 1.54) is 18.3 Å². The molecule has 0 saturated heterocycles. The number of amides is 1. The highest BCUT2D eigenvalue weighted by atomic mass is 35.5. The summed E-state index contributed by atoms with van der Waals surface area (Å²) >= 11 is 10.7. The Kier molecular flexibility index (Phi) is 3.67. The summed E-state index contributed by atoms with van der Waals surface area (Å²) in [6.07, 6.45) is 1.29. The van der Waals surface area contributed by atoms with Crippen LogP contribution >= 0.6 is 23.2 Å². The molecule has 2 aromatic heterocycles. The normalized spacial score (nSPS) is 10.7. The van der Waals surface area contributed by atoms with Crippen molar-refractivity contribution in [2.75, 3.05) is 5.32 Å². The standard InChI is InChI=1S/C8H5Cl2N5O4/c9-7(10)8(16)11-4-3-14(13-12-4)5-1-2-6(19-5)15(17)18/h1-3,7H,(H,11,16). The van der Waals surface area contributed by atoms with Gasteiger partial charge in [-0.05, 0) is 0 Å². The number of carbonyl (C=O) groups excluding carboxylic acids is 1. The lowest BCUT2D eigenvalue weighted by Gasteiger charge is -1.99. The molecule has 1 amide bonds. The summed E-state index contributed by atoms with van der Waals surface area (Å²) in [6, 6.07) is 2.51. The lowest BCUT2D eigenvalue weighted by molar-refractivity contribution is -0.402. The third kappa shape index (κ3) is 3.01. The Labute approximate surface area is 115 Å². The van der Waals surface area contributed by atoms with E-state index < -0.39 is 21.6 Å². The molecular formula is C8H5Cl2N5O4. The average molecular weight is 306 g/mol. The van der Waals surface area contributed by atoms with Gasteiger partial charge in [-0.2, -0.15) is 4.68 Å². The molecule has 0 spiro atoms. The maximum Gasteiger partial charge on any atom is 0.434 e. The highest BCUT2D eigenvalue weighted by Gasteiger charge is 2.16. The molecule has 11 heteroatoms. The number of hydrogen-bond donors (Lipinski definition) is 1. The van der Waals surface area contributed by atoms with Crippen LogP contribution < -0.4 is 5.32 Å². The van der Waals surface area contributed by atoms with Gasteiger partial charge in [-0.3, -0.25) is 14.9 Å². The number of aromatic nitrogens is 3. The van der Waals surface area contributed by atoms with E-state index in [-0.39, 0.29) is 11.7 Å². The van der Waals surface area contributed by atoms with E-state index >= 15 is 0 Å². The van der Waals surface area contributed by atoms with Crippen molar-refractivity contribution in [2.45, 2.75) is 4.84 Å². The van der Waals surface area contributed by atoms with Crippen molar-refractivity contribution < 1.29 is 14.1 Å². The minimum absolute atomic E-state index is 0.0768. The van der Waals surface area contributed by atoms with Crippen LogP contribution in [0, 0.1) is 10.1 Å². The fraction of sp³-hybridized carbons (Fsp3) is 0.125. The Morgan fingerprint density at radius 1 is 1.53 bits per heavy atom. The number of alkyl halides is 2. The average Bonchev–Trinajstić information content (AvgIpc) is 2.95. The van der Waals surface area contributed by atoms with Crippen LogP contribution in [0.25, 0.3) is 5.88 Å². The fourth-order valence-electron chi connectivity index (χ4n) is 1.15. The number of halogens is 2. The Balaban J connectivity index is 2.16. The van der Waals surface area contributed by atoms with E-state index in [1.54, 1.807) is 0 Å². The van der Waals surface area contributed by atoms with Crippen molar-refractivity contribution >= 4 is 40.8 Å². The number of anilines is 1. The minimum Gasteiger partial charge on any atom is -0.382 e. The second-order valence-electron chi connectivity index (χ2n) is 3.21. The minimum atomic E-state index is -1.24. The first-order chi connectivity index (χ1) is 8.97. The van der Waals surface area contributed by atoms with Crippen molar-refractivity contribution in [3.05, 3.63) is 28.4 Å². The van der Waals surface area contributed by atoms with Crippen molar-refractivity contribution in [3.8, 4) is 5.88 Å². The van der Waals surface area contributed by atoms with Gasteiger partial charge in [0, 0.05) is 6.07 Å². The molecule has 2 heterocycles. The predicted octanol–water partition coefficient (Wildman–Crippen LogP) is 1.51. The number of carbonyl (C=O) groups is 1. The van der Waals surface area contributed by atoms with Gasteiger partial charge in [-0.25, -0.2) is 0 Å². The van der Waals surface area contributed by atoms with Gasteiger partial charge < -0.3 is 9.73 Å². The van der Waals surface area contributed by atoms with Gasteiger partial charge >= 0.3 is 5.88 Å². The quantitative estimate of drug-likeness (QED) is 0.520. The first-order valence-corrected chi connectivity index (χ1v) is 5.60. The Morgan fingerprint density at radius 2 is 2.26 bits per heavy atom. The van der Waals surface area contributed by atoms with Gasteiger partial charge in [0.1, 0.15) is 4.92 Å². The predicted molar refractivity (Wildman–Crippen MR) is 64.4 cm³/mol. The van der Waals surface area contributed by atoms with Crippen LogP contribution in [0.15, 0.2) is 22.7 Å². The topological polar surface area (TPSA) is 116 Å². The van der Waals surface area contributed by atoms with Gasteiger partial charge in [-0.15, -0.1) is 5.10 Å². The van der Waals surface area contributed by atoms with E-state index in [2.05, 4.69) is 15.6 Å². The lowest BCUT2D eigenvalue weighted by atomic mass is 10.6. The zero-order valence-electron chi connectivity index (χ0n) is 8.99. The van der Waals surface area contributed by atoms with Gasteiger partial charge in [-0.1, -0.05) is 28.4 Å². The molecule has 0 saturated carbocycles. The molecule has 0 fully saturated rings. The molecule has 9 nitrogen and oxygen atoms in total. The summed E-state index contributed by atoms with van der Waals surface area (Å²) in [6.45, 7) is 0. The molecule has 0 radical (unpaired) electrons.